The SMILES string of the molecule is CCCCCCC1CC(F)C/N=C(\C)C(C(=O)NC2CNCC(F)C2N2CCC(C(=O)N3CCOCC3)CC2)C(N)N1. The van der Waals surface area contributed by atoms with Gasteiger partial charge < -0.3 is 26.0 Å². The maximum absolute atomic E-state index is 15.5. The van der Waals surface area contributed by atoms with E-state index < -0.39 is 36.5 Å². The fraction of sp³-hybridized carbons (Fsp3) is 0.900. The zero-order valence-electron chi connectivity index (χ0n) is 25.5. The maximum atomic E-state index is 15.5. The number of nitrogens with zero attached hydrogens (tertiary/aromatic N) is 3. The van der Waals surface area contributed by atoms with Crippen LogP contribution in [0.4, 0.5) is 8.78 Å². The molecule has 5 N–H and O–H groups in total. The Bertz CT molecular complexity index is 898. The number of nitrogens with two attached hydrogens (primary N) is 1. The molecule has 7 unspecified atom stereocenters. The molecule has 0 spiro atoms. The van der Waals surface area contributed by atoms with Crippen LogP contribution in [-0.2, 0) is 14.3 Å². The van der Waals surface area contributed by atoms with Gasteiger partial charge in [0.05, 0.1) is 38.0 Å². The molecule has 3 fully saturated rings. The minimum absolute atomic E-state index is 0.00769. The Morgan fingerprint density at radius 1 is 1.10 bits per heavy atom. The van der Waals surface area contributed by atoms with Gasteiger partial charge in [0, 0.05) is 43.9 Å². The summed E-state index contributed by atoms with van der Waals surface area (Å²) in [5.74, 6) is -1.00. The zero-order valence-corrected chi connectivity index (χ0v) is 25.5. The molecule has 0 aromatic rings. The van der Waals surface area contributed by atoms with Gasteiger partial charge in [-0.1, -0.05) is 32.6 Å². The van der Waals surface area contributed by atoms with Gasteiger partial charge in [-0.05, 0) is 45.7 Å². The number of carbonyl (C=O) groups is 2. The highest BCUT2D eigenvalue weighted by atomic mass is 19.1. The molecule has 240 valence electrons. The average molecular weight is 598 g/mol. The molecule has 42 heavy (non-hydrogen) atoms. The number of carbonyl (C=O) groups excluding carboxylic acids is 2. The van der Waals surface area contributed by atoms with E-state index in [1.165, 1.54) is 0 Å². The van der Waals surface area contributed by atoms with E-state index in [0.717, 1.165) is 32.1 Å². The maximum Gasteiger partial charge on any atom is 0.232 e. The third kappa shape index (κ3) is 8.90. The lowest BCUT2D eigenvalue weighted by molar-refractivity contribution is -0.141. The van der Waals surface area contributed by atoms with Crippen LogP contribution in [0.2, 0.25) is 0 Å². The molecule has 0 aromatic heterocycles. The third-order valence-electron chi connectivity index (χ3n) is 9.44. The Morgan fingerprint density at radius 3 is 2.55 bits per heavy atom. The second-order valence-electron chi connectivity index (χ2n) is 12.6. The first-order valence-corrected chi connectivity index (χ1v) is 16.2. The number of morpholine rings is 1. The number of aliphatic imine (C=N–C) groups is 1. The van der Waals surface area contributed by atoms with Gasteiger partial charge in [0.25, 0.3) is 0 Å². The smallest absolute Gasteiger partial charge is 0.232 e. The largest absolute Gasteiger partial charge is 0.378 e. The monoisotopic (exact) mass is 597 g/mol. The van der Waals surface area contributed by atoms with Crippen molar-refractivity contribution < 1.29 is 23.1 Å². The van der Waals surface area contributed by atoms with E-state index in [1.54, 1.807) is 6.92 Å². The number of piperidine rings is 2. The van der Waals surface area contributed by atoms with E-state index in [0.29, 0.717) is 70.9 Å². The average Bonchev–Trinajstić information content (AvgIpc) is 3.03. The van der Waals surface area contributed by atoms with Gasteiger partial charge >= 0.3 is 0 Å². The van der Waals surface area contributed by atoms with Crippen molar-refractivity contribution in [2.75, 3.05) is 59.0 Å². The summed E-state index contributed by atoms with van der Waals surface area (Å²) in [4.78, 5) is 35.2. The molecule has 4 rings (SSSR count). The van der Waals surface area contributed by atoms with Gasteiger partial charge in [-0.15, -0.1) is 0 Å². The van der Waals surface area contributed by atoms with Crippen LogP contribution in [0.3, 0.4) is 0 Å². The van der Waals surface area contributed by atoms with Crippen LogP contribution >= 0.6 is 0 Å². The molecule has 4 aliphatic heterocycles. The second kappa shape index (κ2) is 16.4. The normalized spacial score (nSPS) is 35.4. The van der Waals surface area contributed by atoms with Crippen LogP contribution in [0.1, 0.15) is 65.2 Å². The molecule has 0 radical (unpaired) electrons. The minimum atomic E-state index is -1.17. The number of amides is 2. The lowest BCUT2D eigenvalue weighted by Crippen LogP contribution is -2.67. The number of ether oxygens (including phenoxy) is 1. The summed E-state index contributed by atoms with van der Waals surface area (Å²) in [5, 5.41) is 9.56. The Kier molecular flexibility index (Phi) is 12.9. The number of nitrogens with one attached hydrogen (secondary N) is 3. The predicted octanol–water partition coefficient (Wildman–Crippen LogP) is 1.38. The van der Waals surface area contributed by atoms with Crippen LogP contribution in [0, 0.1) is 11.8 Å². The summed E-state index contributed by atoms with van der Waals surface area (Å²) in [7, 11) is 0. The molecular weight excluding hydrogens is 544 g/mol. The van der Waals surface area contributed by atoms with Crippen molar-refractivity contribution in [2.24, 2.45) is 22.6 Å². The van der Waals surface area contributed by atoms with Crippen molar-refractivity contribution in [1.29, 1.82) is 0 Å². The number of alkyl halides is 2. The van der Waals surface area contributed by atoms with Crippen LogP contribution < -0.4 is 21.7 Å². The Morgan fingerprint density at radius 2 is 1.83 bits per heavy atom. The lowest BCUT2D eigenvalue weighted by atomic mass is 9.89. The molecule has 0 aliphatic carbocycles. The van der Waals surface area contributed by atoms with Crippen molar-refractivity contribution in [1.82, 2.24) is 25.8 Å². The van der Waals surface area contributed by atoms with Gasteiger partial charge in [-0.25, -0.2) is 8.78 Å². The molecule has 2 amide bonds. The van der Waals surface area contributed by atoms with Crippen LogP contribution in [0.15, 0.2) is 4.99 Å². The summed E-state index contributed by atoms with van der Waals surface area (Å²) in [6, 6.07) is -1.11. The molecule has 3 saturated heterocycles. The first-order chi connectivity index (χ1) is 20.3. The predicted molar refractivity (Wildman–Crippen MR) is 160 cm³/mol. The third-order valence-corrected chi connectivity index (χ3v) is 9.44. The van der Waals surface area contributed by atoms with Crippen LogP contribution in [-0.4, -0.2) is 123 Å². The molecule has 0 aromatic carbocycles. The van der Waals surface area contributed by atoms with Gasteiger partial charge in [-0.2, -0.15) is 0 Å². The summed E-state index contributed by atoms with van der Waals surface area (Å²) in [6.07, 6.45) is 3.76. The topological polar surface area (TPSA) is 124 Å². The molecule has 0 saturated carbocycles. The molecule has 4 heterocycles. The standard InChI is InChI=1S/C30H53F2N7O3/c1-3-4-5-6-7-23-16-22(31)17-35-20(2)26(28(33)36-23)29(40)37-25-19-34-18-24(32)27(25)38-10-8-21(9-11-38)30(41)39-12-14-42-15-13-39/h21-28,34,36H,3-19,33H2,1-2H3,(H,37,40)/b35-20+. The van der Waals surface area contributed by atoms with Crippen molar-refractivity contribution in [3.8, 4) is 0 Å². The van der Waals surface area contributed by atoms with Gasteiger partial charge in [-0.3, -0.25) is 24.8 Å². The quantitative estimate of drug-likeness (QED) is 0.296. The minimum Gasteiger partial charge on any atom is -0.378 e. The molecule has 4 aliphatic rings. The van der Waals surface area contributed by atoms with Crippen LogP contribution in [0.5, 0.6) is 0 Å². The summed E-state index contributed by atoms with van der Waals surface area (Å²) < 4.78 is 35.6. The van der Waals surface area contributed by atoms with Crippen molar-refractivity contribution >= 4 is 17.5 Å². The Hall–Kier alpha value is -1.73. The number of unbranched alkanes of at least 4 members (excludes halogenated alkanes) is 3. The lowest BCUT2D eigenvalue weighted by Gasteiger charge is -2.45. The summed E-state index contributed by atoms with van der Waals surface area (Å²) in [5.41, 5.74) is 7.06. The van der Waals surface area contributed by atoms with E-state index in [2.05, 4.69) is 32.8 Å². The number of rotatable bonds is 9. The fourth-order valence-corrected chi connectivity index (χ4v) is 7.04. The second-order valence-corrected chi connectivity index (χ2v) is 12.6. The molecular formula is C30H53F2N7O3. The number of hydrogen-bond donors (Lipinski definition) is 4. The van der Waals surface area contributed by atoms with E-state index in [1.807, 2.05) is 4.90 Å². The van der Waals surface area contributed by atoms with Gasteiger partial charge in [0.15, 0.2) is 0 Å². The van der Waals surface area contributed by atoms with Crippen molar-refractivity contribution in [3.05, 3.63) is 0 Å². The molecule has 7 atom stereocenters. The molecule has 10 nitrogen and oxygen atoms in total. The van der Waals surface area contributed by atoms with E-state index in [-0.39, 0.29) is 36.9 Å². The highest BCUT2D eigenvalue weighted by molar-refractivity contribution is 6.04. The van der Waals surface area contributed by atoms with E-state index in [9.17, 15) is 14.0 Å². The first kappa shape index (κ1) is 33.2. The van der Waals surface area contributed by atoms with Gasteiger partial charge in [0.2, 0.25) is 11.8 Å². The molecule has 12 heteroatoms. The summed E-state index contributed by atoms with van der Waals surface area (Å²) in [6.45, 7) is 8.13. The number of halogens is 2. The fourth-order valence-electron chi connectivity index (χ4n) is 7.04. The van der Waals surface area contributed by atoms with Crippen molar-refractivity contribution in [2.45, 2.75) is 102 Å². The Labute approximate surface area is 249 Å². The number of likely N-dealkylation sites (tertiary alicyclic amines) is 1. The first-order valence-electron chi connectivity index (χ1n) is 16.2. The van der Waals surface area contributed by atoms with Crippen molar-refractivity contribution in [3.63, 3.8) is 0 Å². The van der Waals surface area contributed by atoms with E-state index >= 15 is 4.39 Å². The highest BCUT2D eigenvalue weighted by Gasteiger charge is 2.42. The number of hydrogen-bond acceptors (Lipinski definition) is 8. The van der Waals surface area contributed by atoms with Gasteiger partial charge in [0.1, 0.15) is 18.3 Å². The summed E-state index contributed by atoms with van der Waals surface area (Å²) >= 11 is 0. The van der Waals surface area contributed by atoms with Crippen LogP contribution in [0.25, 0.3) is 0 Å². The van der Waals surface area contributed by atoms with E-state index in [4.69, 9.17) is 10.5 Å². The Balaban J connectivity index is 1.38. The highest BCUT2D eigenvalue weighted by Crippen LogP contribution is 2.26. The molecule has 0 bridgehead atoms. The zero-order chi connectivity index (χ0) is 30.1.